The van der Waals surface area contributed by atoms with Crippen molar-refractivity contribution < 1.29 is 14.0 Å². The zero-order valence-corrected chi connectivity index (χ0v) is 9.34. The first-order valence-electron chi connectivity index (χ1n) is 5.04. The molecule has 1 aromatic rings. The van der Waals surface area contributed by atoms with Crippen molar-refractivity contribution in [3.8, 4) is 0 Å². The molecule has 0 unspecified atom stereocenters. The van der Waals surface area contributed by atoms with Crippen LogP contribution >= 0.6 is 11.6 Å². The smallest absolute Gasteiger partial charge is 0.250 e. The summed E-state index contributed by atoms with van der Waals surface area (Å²) in [7, 11) is 0. The summed E-state index contributed by atoms with van der Waals surface area (Å²) in [5.74, 6) is -0.718. The molecule has 1 amide bonds. The first-order chi connectivity index (χ1) is 7.68. The average Bonchev–Trinajstić information content (AvgIpc) is 2.76. The molecule has 86 valence electrons. The predicted octanol–water partition coefficient (Wildman–Crippen LogP) is 2.19. The van der Waals surface area contributed by atoms with Crippen LogP contribution in [0.3, 0.4) is 0 Å². The molecular formula is C11H11ClFNO2. The quantitative estimate of drug-likeness (QED) is 0.797. The Morgan fingerprint density at radius 3 is 3.00 bits per heavy atom. The molecule has 0 aliphatic carbocycles. The van der Waals surface area contributed by atoms with Crippen LogP contribution < -0.4 is 0 Å². The van der Waals surface area contributed by atoms with Crippen LogP contribution in [0.1, 0.15) is 12.0 Å². The highest BCUT2D eigenvalue weighted by atomic mass is 35.5. The minimum Gasteiger partial charge on any atom is -0.272 e. The summed E-state index contributed by atoms with van der Waals surface area (Å²) in [6.45, 7) is 1.10. The third kappa shape index (κ3) is 2.33. The van der Waals surface area contributed by atoms with Crippen molar-refractivity contribution in [2.24, 2.45) is 0 Å². The first kappa shape index (κ1) is 11.4. The van der Waals surface area contributed by atoms with E-state index >= 15 is 0 Å². The number of hydrogen-bond donors (Lipinski definition) is 0. The van der Waals surface area contributed by atoms with Crippen LogP contribution in [0, 0.1) is 5.82 Å². The summed E-state index contributed by atoms with van der Waals surface area (Å²) >= 11 is 5.83. The van der Waals surface area contributed by atoms with Crippen molar-refractivity contribution in [2.75, 3.05) is 13.2 Å². The Morgan fingerprint density at radius 1 is 1.56 bits per heavy atom. The minimum atomic E-state index is -0.458. The molecule has 0 aromatic heterocycles. The van der Waals surface area contributed by atoms with Crippen molar-refractivity contribution in [3.05, 3.63) is 34.6 Å². The molecule has 0 N–H and O–H groups in total. The Bertz CT molecular complexity index is 385. The SMILES string of the molecule is O=C(Cc1c(F)cccc1Cl)N1CCCO1. The predicted molar refractivity (Wildman–Crippen MR) is 57.4 cm³/mol. The Hall–Kier alpha value is -1.13. The number of hydrogen-bond acceptors (Lipinski definition) is 2. The van der Waals surface area contributed by atoms with Crippen LogP contribution in [0.5, 0.6) is 0 Å². The molecule has 0 spiro atoms. The topological polar surface area (TPSA) is 29.5 Å². The van der Waals surface area contributed by atoms with Crippen molar-refractivity contribution in [2.45, 2.75) is 12.8 Å². The summed E-state index contributed by atoms with van der Waals surface area (Å²) in [6.07, 6.45) is 0.752. The van der Waals surface area contributed by atoms with E-state index in [9.17, 15) is 9.18 Å². The maximum absolute atomic E-state index is 13.4. The molecule has 1 aromatic carbocycles. The van der Waals surface area contributed by atoms with E-state index in [4.69, 9.17) is 16.4 Å². The Labute approximate surface area is 97.7 Å². The van der Waals surface area contributed by atoms with Crippen LogP contribution in [0.4, 0.5) is 4.39 Å². The molecule has 1 fully saturated rings. The van der Waals surface area contributed by atoms with Crippen LogP contribution in [0.25, 0.3) is 0 Å². The highest BCUT2D eigenvalue weighted by Crippen LogP contribution is 2.20. The van der Waals surface area contributed by atoms with E-state index in [-0.39, 0.29) is 22.9 Å². The van der Waals surface area contributed by atoms with Gasteiger partial charge in [0, 0.05) is 10.6 Å². The first-order valence-corrected chi connectivity index (χ1v) is 5.42. The molecule has 0 bridgehead atoms. The number of carbonyl (C=O) groups excluding carboxylic acids is 1. The lowest BCUT2D eigenvalue weighted by atomic mass is 10.1. The number of rotatable bonds is 2. The molecule has 1 heterocycles. The number of nitrogens with zero attached hydrogens (tertiary/aromatic N) is 1. The Balaban J connectivity index is 2.11. The summed E-state index contributed by atoms with van der Waals surface area (Å²) in [5.41, 5.74) is 0.227. The number of amides is 1. The molecule has 1 saturated heterocycles. The van der Waals surface area contributed by atoms with Crippen molar-refractivity contribution in [1.82, 2.24) is 5.06 Å². The average molecular weight is 244 g/mol. The molecule has 0 radical (unpaired) electrons. The molecule has 16 heavy (non-hydrogen) atoms. The lowest BCUT2D eigenvalue weighted by Crippen LogP contribution is -2.28. The molecular weight excluding hydrogens is 233 g/mol. The fourth-order valence-corrected chi connectivity index (χ4v) is 1.81. The van der Waals surface area contributed by atoms with Gasteiger partial charge in [-0.15, -0.1) is 0 Å². The van der Waals surface area contributed by atoms with Crippen molar-refractivity contribution in [3.63, 3.8) is 0 Å². The maximum Gasteiger partial charge on any atom is 0.250 e. The molecule has 0 saturated carbocycles. The fourth-order valence-electron chi connectivity index (χ4n) is 1.58. The minimum absolute atomic E-state index is 0.0640. The number of carbonyl (C=O) groups is 1. The normalized spacial score (nSPS) is 15.5. The molecule has 1 aliphatic rings. The van der Waals surface area contributed by atoms with Gasteiger partial charge >= 0.3 is 0 Å². The molecule has 3 nitrogen and oxygen atoms in total. The van der Waals surface area contributed by atoms with Gasteiger partial charge in [0.1, 0.15) is 5.82 Å². The third-order valence-electron chi connectivity index (χ3n) is 2.42. The number of halogens is 2. The Morgan fingerprint density at radius 2 is 2.38 bits per heavy atom. The zero-order valence-electron chi connectivity index (χ0n) is 8.58. The van der Waals surface area contributed by atoms with Gasteiger partial charge < -0.3 is 0 Å². The monoisotopic (exact) mass is 243 g/mol. The van der Waals surface area contributed by atoms with Crippen LogP contribution in [0.2, 0.25) is 5.02 Å². The second-order valence-corrected chi connectivity index (χ2v) is 3.97. The fraction of sp³-hybridized carbons (Fsp3) is 0.364. The van der Waals surface area contributed by atoms with E-state index < -0.39 is 5.82 Å². The van der Waals surface area contributed by atoms with E-state index in [1.54, 1.807) is 6.07 Å². The maximum atomic E-state index is 13.4. The summed E-state index contributed by atoms with van der Waals surface area (Å²) in [6, 6.07) is 4.37. The van der Waals surface area contributed by atoms with Crippen LogP contribution in [0.15, 0.2) is 18.2 Å². The van der Waals surface area contributed by atoms with E-state index in [1.807, 2.05) is 0 Å². The highest BCUT2D eigenvalue weighted by molar-refractivity contribution is 6.31. The van der Waals surface area contributed by atoms with Gasteiger partial charge in [-0.25, -0.2) is 9.45 Å². The van der Waals surface area contributed by atoms with Gasteiger partial charge in [-0.1, -0.05) is 17.7 Å². The van der Waals surface area contributed by atoms with Crippen LogP contribution in [-0.4, -0.2) is 24.1 Å². The van der Waals surface area contributed by atoms with Gasteiger partial charge in [-0.05, 0) is 18.6 Å². The van der Waals surface area contributed by atoms with Gasteiger partial charge in [0.15, 0.2) is 0 Å². The van der Waals surface area contributed by atoms with Crippen molar-refractivity contribution >= 4 is 17.5 Å². The second-order valence-electron chi connectivity index (χ2n) is 3.56. The van der Waals surface area contributed by atoms with Gasteiger partial charge in [0.05, 0.1) is 19.6 Å². The second kappa shape index (κ2) is 4.80. The van der Waals surface area contributed by atoms with Gasteiger partial charge in [-0.2, -0.15) is 0 Å². The lowest BCUT2D eigenvalue weighted by molar-refractivity contribution is -0.167. The molecule has 5 heteroatoms. The lowest BCUT2D eigenvalue weighted by Gasteiger charge is -2.14. The number of hydroxylamine groups is 2. The number of benzene rings is 1. The zero-order chi connectivity index (χ0) is 11.5. The van der Waals surface area contributed by atoms with Gasteiger partial charge in [0.2, 0.25) is 0 Å². The summed E-state index contributed by atoms with van der Waals surface area (Å²) in [5, 5.41) is 1.54. The standard InChI is InChI=1S/C11H11ClFNO2/c12-9-3-1-4-10(13)8(9)7-11(15)14-5-2-6-16-14/h1,3-4H,2,5-7H2. The molecule has 0 atom stereocenters. The van der Waals surface area contributed by atoms with E-state index in [0.29, 0.717) is 13.2 Å². The molecule has 1 aliphatic heterocycles. The highest BCUT2D eigenvalue weighted by Gasteiger charge is 2.21. The van der Waals surface area contributed by atoms with Gasteiger partial charge in [-0.3, -0.25) is 9.63 Å². The molecule has 2 rings (SSSR count). The Kier molecular flexibility index (Phi) is 3.41. The largest absolute Gasteiger partial charge is 0.272 e. The van der Waals surface area contributed by atoms with Crippen LogP contribution in [-0.2, 0) is 16.1 Å². The van der Waals surface area contributed by atoms with E-state index in [1.165, 1.54) is 17.2 Å². The third-order valence-corrected chi connectivity index (χ3v) is 2.77. The summed E-state index contributed by atoms with van der Waals surface area (Å²) < 4.78 is 13.4. The van der Waals surface area contributed by atoms with E-state index in [0.717, 1.165) is 6.42 Å². The van der Waals surface area contributed by atoms with Crippen molar-refractivity contribution in [1.29, 1.82) is 0 Å². The van der Waals surface area contributed by atoms with Gasteiger partial charge in [0.25, 0.3) is 5.91 Å². The summed E-state index contributed by atoms with van der Waals surface area (Å²) in [4.78, 5) is 16.8. The van der Waals surface area contributed by atoms with E-state index in [2.05, 4.69) is 0 Å².